The molecule has 0 spiro atoms. The van der Waals surface area contributed by atoms with E-state index in [-0.39, 0.29) is 18.1 Å². The number of halogens is 2. The maximum atomic E-state index is 13.6. The fourth-order valence-corrected chi connectivity index (χ4v) is 2.36. The summed E-state index contributed by atoms with van der Waals surface area (Å²) in [6, 6.07) is 16.8. The zero-order chi connectivity index (χ0) is 17.6. The lowest BCUT2D eigenvalue weighted by Gasteiger charge is -2.08. The monoisotopic (exact) mass is 355 g/mol. The molecule has 0 atom stereocenters. The number of pyridine rings is 1. The van der Waals surface area contributed by atoms with E-state index in [2.05, 4.69) is 15.6 Å². The first-order valence-corrected chi connectivity index (χ1v) is 8.00. The number of benzene rings is 2. The van der Waals surface area contributed by atoms with Crippen LogP contribution < -0.4 is 10.6 Å². The van der Waals surface area contributed by atoms with Gasteiger partial charge in [-0.05, 0) is 42.0 Å². The van der Waals surface area contributed by atoms with Gasteiger partial charge in [-0.25, -0.2) is 9.37 Å². The molecule has 6 heteroatoms. The van der Waals surface area contributed by atoms with Crippen molar-refractivity contribution in [3.8, 4) is 0 Å². The lowest BCUT2D eigenvalue weighted by atomic mass is 10.1. The van der Waals surface area contributed by atoms with E-state index in [0.29, 0.717) is 22.2 Å². The number of anilines is 3. The van der Waals surface area contributed by atoms with E-state index in [1.54, 1.807) is 54.6 Å². The average molecular weight is 356 g/mol. The minimum absolute atomic E-state index is 0.176. The first-order valence-electron chi connectivity index (χ1n) is 7.62. The molecular weight excluding hydrogens is 341 g/mol. The van der Waals surface area contributed by atoms with Gasteiger partial charge in [-0.3, -0.25) is 4.79 Å². The number of hydrogen-bond donors (Lipinski definition) is 2. The van der Waals surface area contributed by atoms with Crippen LogP contribution in [0.15, 0.2) is 66.9 Å². The van der Waals surface area contributed by atoms with Crippen LogP contribution in [0.4, 0.5) is 21.6 Å². The predicted octanol–water partition coefficient (Wildman–Crippen LogP) is 4.80. The van der Waals surface area contributed by atoms with E-state index >= 15 is 0 Å². The number of carbonyl (C=O) groups is 1. The molecule has 0 fully saturated rings. The molecule has 3 aromatic rings. The van der Waals surface area contributed by atoms with Gasteiger partial charge >= 0.3 is 0 Å². The van der Waals surface area contributed by atoms with Crippen LogP contribution in [0.25, 0.3) is 0 Å². The lowest BCUT2D eigenvalue weighted by molar-refractivity contribution is -0.115. The standard InChI is InChI=1S/C19H15ClFN3O/c20-14-7-5-13(6-8-14)11-19(25)24-18-10-9-15(12-22-18)23-17-4-2-1-3-16(17)21/h1-10,12,23H,11H2,(H,22,24,25). The number of rotatable bonds is 5. The number of nitrogens with zero attached hydrogens (tertiary/aromatic N) is 1. The SMILES string of the molecule is O=C(Cc1ccc(Cl)cc1)Nc1ccc(Nc2ccccc2F)cn1. The van der Waals surface area contributed by atoms with Gasteiger partial charge < -0.3 is 10.6 Å². The first-order chi connectivity index (χ1) is 12.1. The Balaban J connectivity index is 1.59. The lowest BCUT2D eigenvalue weighted by Crippen LogP contribution is -2.15. The largest absolute Gasteiger partial charge is 0.352 e. The van der Waals surface area contributed by atoms with E-state index in [0.717, 1.165) is 5.56 Å². The molecule has 0 unspecified atom stereocenters. The van der Waals surface area contributed by atoms with Gasteiger partial charge in [-0.1, -0.05) is 35.9 Å². The highest BCUT2D eigenvalue weighted by molar-refractivity contribution is 6.30. The summed E-state index contributed by atoms with van der Waals surface area (Å²) in [6.07, 6.45) is 1.76. The molecule has 126 valence electrons. The number of carbonyl (C=O) groups excluding carboxylic acids is 1. The van der Waals surface area contributed by atoms with Crippen molar-refractivity contribution in [2.45, 2.75) is 6.42 Å². The second kappa shape index (κ2) is 7.77. The van der Waals surface area contributed by atoms with Crippen molar-refractivity contribution in [1.29, 1.82) is 0 Å². The molecule has 1 heterocycles. The number of para-hydroxylation sites is 1. The van der Waals surface area contributed by atoms with Gasteiger partial charge in [0.15, 0.2) is 0 Å². The van der Waals surface area contributed by atoms with Gasteiger partial charge in [0.1, 0.15) is 11.6 Å². The number of aromatic nitrogens is 1. The second-order valence-corrected chi connectivity index (χ2v) is 5.82. The number of amides is 1. The molecular formula is C19H15ClFN3O. The van der Waals surface area contributed by atoms with Crippen molar-refractivity contribution in [2.75, 3.05) is 10.6 Å². The van der Waals surface area contributed by atoms with E-state index in [1.807, 2.05) is 0 Å². The third-order valence-electron chi connectivity index (χ3n) is 3.46. The van der Waals surface area contributed by atoms with Crippen LogP contribution >= 0.6 is 11.6 Å². The van der Waals surface area contributed by atoms with E-state index in [9.17, 15) is 9.18 Å². The Bertz CT molecular complexity index is 867. The zero-order valence-electron chi connectivity index (χ0n) is 13.2. The fourth-order valence-electron chi connectivity index (χ4n) is 2.23. The molecule has 3 rings (SSSR count). The Kier molecular flexibility index (Phi) is 5.26. The number of nitrogens with one attached hydrogen (secondary N) is 2. The molecule has 0 radical (unpaired) electrons. The van der Waals surface area contributed by atoms with Crippen LogP contribution in [0.1, 0.15) is 5.56 Å². The Morgan fingerprint density at radius 3 is 2.48 bits per heavy atom. The van der Waals surface area contributed by atoms with Crippen LogP contribution in [0.2, 0.25) is 5.02 Å². The highest BCUT2D eigenvalue weighted by atomic mass is 35.5. The summed E-state index contributed by atoms with van der Waals surface area (Å²) in [5, 5.41) is 6.29. The van der Waals surface area contributed by atoms with E-state index in [4.69, 9.17) is 11.6 Å². The van der Waals surface area contributed by atoms with Gasteiger partial charge in [0.2, 0.25) is 5.91 Å². The van der Waals surface area contributed by atoms with Gasteiger partial charge in [-0.15, -0.1) is 0 Å². The summed E-state index contributed by atoms with van der Waals surface area (Å²) in [6.45, 7) is 0. The van der Waals surface area contributed by atoms with E-state index in [1.165, 1.54) is 12.3 Å². The van der Waals surface area contributed by atoms with Crippen LogP contribution in [-0.4, -0.2) is 10.9 Å². The van der Waals surface area contributed by atoms with Gasteiger partial charge in [0, 0.05) is 5.02 Å². The third kappa shape index (κ3) is 4.78. The molecule has 2 aromatic carbocycles. The van der Waals surface area contributed by atoms with Crippen molar-refractivity contribution in [3.63, 3.8) is 0 Å². The van der Waals surface area contributed by atoms with Crippen molar-refractivity contribution < 1.29 is 9.18 Å². The normalized spacial score (nSPS) is 10.3. The molecule has 0 aliphatic heterocycles. The topological polar surface area (TPSA) is 54.0 Å². The number of hydrogen-bond acceptors (Lipinski definition) is 3. The summed E-state index contributed by atoms with van der Waals surface area (Å²) in [4.78, 5) is 16.2. The van der Waals surface area contributed by atoms with Crippen molar-refractivity contribution in [1.82, 2.24) is 4.98 Å². The zero-order valence-corrected chi connectivity index (χ0v) is 13.9. The van der Waals surface area contributed by atoms with Gasteiger partial charge in [0.25, 0.3) is 0 Å². The Hall–Kier alpha value is -2.92. The molecule has 0 bridgehead atoms. The molecule has 0 aliphatic rings. The summed E-state index contributed by atoms with van der Waals surface area (Å²) in [7, 11) is 0. The van der Waals surface area contributed by atoms with Crippen LogP contribution in [0.5, 0.6) is 0 Å². The highest BCUT2D eigenvalue weighted by Crippen LogP contribution is 2.19. The van der Waals surface area contributed by atoms with E-state index < -0.39 is 0 Å². The van der Waals surface area contributed by atoms with Gasteiger partial charge in [0.05, 0.1) is 24.0 Å². The van der Waals surface area contributed by atoms with Crippen LogP contribution in [0, 0.1) is 5.82 Å². The van der Waals surface area contributed by atoms with Crippen molar-refractivity contribution >= 4 is 34.7 Å². The summed E-state index contributed by atoms with van der Waals surface area (Å²) in [5.74, 6) is -0.0921. The van der Waals surface area contributed by atoms with Crippen molar-refractivity contribution in [2.24, 2.45) is 0 Å². The highest BCUT2D eigenvalue weighted by Gasteiger charge is 2.06. The Morgan fingerprint density at radius 2 is 1.80 bits per heavy atom. The summed E-state index contributed by atoms with van der Waals surface area (Å²) >= 11 is 5.82. The molecule has 2 N–H and O–H groups in total. The average Bonchev–Trinajstić information content (AvgIpc) is 2.61. The fraction of sp³-hybridized carbons (Fsp3) is 0.0526. The summed E-state index contributed by atoms with van der Waals surface area (Å²) in [5.41, 5.74) is 1.85. The molecule has 0 aliphatic carbocycles. The minimum atomic E-state index is -0.345. The minimum Gasteiger partial charge on any atom is -0.352 e. The quantitative estimate of drug-likeness (QED) is 0.691. The smallest absolute Gasteiger partial charge is 0.229 e. The summed E-state index contributed by atoms with van der Waals surface area (Å²) < 4.78 is 13.6. The van der Waals surface area contributed by atoms with Crippen LogP contribution in [-0.2, 0) is 11.2 Å². The molecule has 0 saturated heterocycles. The molecule has 4 nitrogen and oxygen atoms in total. The maximum Gasteiger partial charge on any atom is 0.229 e. The molecule has 25 heavy (non-hydrogen) atoms. The predicted molar refractivity (Wildman–Crippen MR) is 97.7 cm³/mol. The molecule has 1 aromatic heterocycles. The van der Waals surface area contributed by atoms with Gasteiger partial charge in [-0.2, -0.15) is 0 Å². The first kappa shape index (κ1) is 16.9. The third-order valence-corrected chi connectivity index (χ3v) is 3.71. The molecule has 0 saturated carbocycles. The van der Waals surface area contributed by atoms with Crippen molar-refractivity contribution in [3.05, 3.63) is 83.3 Å². The maximum absolute atomic E-state index is 13.6. The Labute approximate surface area is 149 Å². The Morgan fingerprint density at radius 1 is 1.04 bits per heavy atom. The van der Waals surface area contributed by atoms with Crippen LogP contribution in [0.3, 0.4) is 0 Å². The molecule has 1 amide bonds. The second-order valence-electron chi connectivity index (χ2n) is 5.39.